The SMILES string of the molecule is O=C(Nc1ccccc1F)[C@@H]1CSCN1C(=O)Cc1ccc[nH]1. The predicted octanol–water partition coefficient (Wildman–Crippen LogP) is 2.24. The van der Waals surface area contributed by atoms with Gasteiger partial charge in [-0.05, 0) is 24.3 Å². The number of H-pyrrole nitrogens is 1. The summed E-state index contributed by atoms with van der Waals surface area (Å²) < 4.78 is 13.6. The van der Waals surface area contributed by atoms with Crippen LogP contribution in [0, 0.1) is 5.82 Å². The molecule has 2 N–H and O–H groups in total. The average Bonchev–Trinajstić information content (AvgIpc) is 3.20. The molecule has 0 radical (unpaired) electrons. The van der Waals surface area contributed by atoms with E-state index in [1.54, 1.807) is 23.2 Å². The fraction of sp³-hybridized carbons (Fsp3) is 0.250. The molecule has 1 aromatic heterocycles. The van der Waals surface area contributed by atoms with E-state index in [2.05, 4.69) is 10.3 Å². The monoisotopic (exact) mass is 333 g/mol. The summed E-state index contributed by atoms with van der Waals surface area (Å²) in [5, 5.41) is 2.57. The summed E-state index contributed by atoms with van der Waals surface area (Å²) in [6, 6.07) is 9.06. The summed E-state index contributed by atoms with van der Waals surface area (Å²) in [5.74, 6) is 0.00730. The fourth-order valence-corrected chi connectivity index (χ4v) is 3.61. The highest BCUT2D eigenvalue weighted by Crippen LogP contribution is 2.23. The van der Waals surface area contributed by atoms with Crippen LogP contribution >= 0.6 is 11.8 Å². The van der Waals surface area contributed by atoms with E-state index < -0.39 is 11.9 Å². The van der Waals surface area contributed by atoms with Crippen LogP contribution < -0.4 is 5.32 Å². The molecule has 0 bridgehead atoms. The third-order valence-electron chi connectivity index (χ3n) is 3.64. The second-order valence-electron chi connectivity index (χ2n) is 5.22. The maximum atomic E-state index is 13.6. The lowest BCUT2D eigenvalue weighted by atomic mass is 10.2. The summed E-state index contributed by atoms with van der Waals surface area (Å²) in [7, 11) is 0. The van der Waals surface area contributed by atoms with Crippen LogP contribution in [0.1, 0.15) is 5.69 Å². The van der Waals surface area contributed by atoms with Crippen molar-refractivity contribution in [2.45, 2.75) is 12.5 Å². The zero-order valence-corrected chi connectivity index (χ0v) is 13.1. The molecule has 3 rings (SSSR count). The van der Waals surface area contributed by atoms with Crippen molar-refractivity contribution in [2.75, 3.05) is 16.9 Å². The van der Waals surface area contributed by atoms with Gasteiger partial charge in [-0.1, -0.05) is 12.1 Å². The maximum Gasteiger partial charge on any atom is 0.248 e. The highest BCUT2D eigenvalue weighted by atomic mass is 32.2. The molecule has 1 aliphatic heterocycles. The molecule has 1 aliphatic rings. The molecule has 1 fully saturated rings. The van der Waals surface area contributed by atoms with Gasteiger partial charge >= 0.3 is 0 Å². The molecule has 1 aromatic carbocycles. The van der Waals surface area contributed by atoms with Gasteiger partial charge in [0.25, 0.3) is 0 Å². The van der Waals surface area contributed by atoms with E-state index in [-0.39, 0.29) is 23.9 Å². The molecule has 0 spiro atoms. The fourth-order valence-electron chi connectivity index (χ4n) is 2.43. The molecule has 5 nitrogen and oxygen atoms in total. The summed E-state index contributed by atoms with van der Waals surface area (Å²) in [6.45, 7) is 0. The van der Waals surface area contributed by atoms with Crippen LogP contribution in [-0.2, 0) is 16.0 Å². The van der Waals surface area contributed by atoms with Crippen molar-refractivity contribution in [3.63, 3.8) is 0 Å². The first-order valence-corrected chi connectivity index (χ1v) is 8.35. The smallest absolute Gasteiger partial charge is 0.248 e. The Balaban J connectivity index is 1.67. The molecule has 0 saturated carbocycles. The van der Waals surface area contributed by atoms with Crippen molar-refractivity contribution in [3.05, 3.63) is 54.1 Å². The molecule has 23 heavy (non-hydrogen) atoms. The maximum absolute atomic E-state index is 13.6. The van der Waals surface area contributed by atoms with Gasteiger partial charge in [0.05, 0.1) is 18.0 Å². The number of anilines is 1. The van der Waals surface area contributed by atoms with Gasteiger partial charge in [-0.2, -0.15) is 0 Å². The number of amides is 2. The summed E-state index contributed by atoms with van der Waals surface area (Å²) >= 11 is 1.51. The quantitative estimate of drug-likeness (QED) is 0.902. The molecule has 120 valence electrons. The minimum absolute atomic E-state index is 0.119. The van der Waals surface area contributed by atoms with Crippen molar-refractivity contribution >= 4 is 29.3 Å². The number of carbonyl (C=O) groups is 2. The standard InChI is InChI=1S/C16H16FN3O2S/c17-12-5-1-2-6-13(12)19-16(22)14-9-23-10-20(14)15(21)8-11-4-3-7-18-11/h1-7,14,18H,8-10H2,(H,19,22)/t14-/m0/s1. The topological polar surface area (TPSA) is 65.2 Å². The van der Waals surface area contributed by atoms with Crippen LogP contribution in [0.4, 0.5) is 10.1 Å². The van der Waals surface area contributed by atoms with E-state index in [4.69, 9.17) is 0 Å². The Hall–Kier alpha value is -2.28. The van der Waals surface area contributed by atoms with Crippen LogP contribution in [0.25, 0.3) is 0 Å². The van der Waals surface area contributed by atoms with Crippen molar-refractivity contribution in [1.82, 2.24) is 9.88 Å². The molecule has 0 aliphatic carbocycles. The normalized spacial score (nSPS) is 17.3. The number of benzene rings is 1. The van der Waals surface area contributed by atoms with Gasteiger partial charge in [-0.25, -0.2) is 4.39 Å². The number of hydrogen-bond donors (Lipinski definition) is 2. The van der Waals surface area contributed by atoms with Crippen molar-refractivity contribution < 1.29 is 14.0 Å². The van der Waals surface area contributed by atoms with Gasteiger partial charge < -0.3 is 15.2 Å². The molecule has 2 aromatic rings. The Morgan fingerprint density at radius 2 is 2.13 bits per heavy atom. The van der Waals surface area contributed by atoms with Gasteiger partial charge in [-0.3, -0.25) is 9.59 Å². The Bertz CT molecular complexity index is 705. The Labute approximate surface area is 137 Å². The van der Waals surface area contributed by atoms with E-state index in [0.717, 1.165) is 5.69 Å². The Morgan fingerprint density at radius 3 is 2.87 bits per heavy atom. The number of thioether (sulfide) groups is 1. The van der Waals surface area contributed by atoms with E-state index in [1.165, 1.54) is 23.9 Å². The van der Waals surface area contributed by atoms with Crippen LogP contribution in [0.2, 0.25) is 0 Å². The number of aromatic nitrogens is 1. The van der Waals surface area contributed by atoms with Crippen molar-refractivity contribution in [1.29, 1.82) is 0 Å². The minimum atomic E-state index is -0.581. The zero-order valence-electron chi connectivity index (χ0n) is 12.3. The second-order valence-corrected chi connectivity index (χ2v) is 6.22. The van der Waals surface area contributed by atoms with E-state index in [1.807, 2.05) is 12.1 Å². The molecule has 7 heteroatoms. The molecular weight excluding hydrogens is 317 g/mol. The number of para-hydroxylation sites is 1. The van der Waals surface area contributed by atoms with Crippen LogP contribution in [0.3, 0.4) is 0 Å². The zero-order chi connectivity index (χ0) is 16.2. The minimum Gasteiger partial charge on any atom is -0.365 e. The summed E-state index contributed by atoms with van der Waals surface area (Å²) in [5.41, 5.74) is 0.936. The second kappa shape index (κ2) is 6.87. The first-order chi connectivity index (χ1) is 11.1. The number of hydrogen-bond acceptors (Lipinski definition) is 3. The molecule has 2 amide bonds. The third kappa shape index (κ3) is 3.56. The van der Waals surface area contributed by atoms with Gasteiger partial charge in [0.15, 0.2) is 0 Å². The first kappa shape index (κ1) is 15.6. The Morgan fingerprint density at radius 1 is 1.30 bits per heavy atom. The number of rotatable bonds is 4. The van der Waals surface area contributed by atoms with Crippen molar-refractivity contribution in [3.8, 4) is 0 Å². The molecular formula is C16H16FN3O2S. The van der Waals surface area contributed by atoms with Gasteiger partial charge in [-0.15, -0.1) is 11.8 Å². The number of aromatic amines is 1. The lowest BCUT2D eigenvalue weighted by Gasteiger charge is -2.23. The van der Waals surface area contributed by atoms with E-state index >= 15 is 0 Å². The largest absolute Gasteiger partial charge is 0.365 e. The average molecular weight is 333 g/mol. The predicted molar refractivity (Wildman–Crippen MR) is 87.5 cm³/mol. The van der Waals surface area contributed by atoms with Gasteiger partial charge in [0.2, 0.25) is 11.8 Å². The number of halogens is 1. The number of nitrogens with zero attached hydrogens (tertiary/aromatic N) is 1. The molecule has 1 atom stereocenters. The van der Waals surface area contributed by atoms with Crippen molar-refractivity contribution in [2.24, 2.45) is 0 Å². The van der Waals surface area contributed by atoms with Crippen LogP contribution in [0.5, 0.6) is 0 Å². The summed E-state index contributed by atoms with van der Waals surface area (Å²) in [6.07, 6.45) is 1.97. The Kier molecular flexibility index (Phi) is 4.66. The van der Waals surface area contributed by atoms with Gasteiger partial charge in [0.1, 0.15) is 11.9 Å². The first-order valence-electron chi connectivity index (χ1n) is 7.20. The van der Waals surface area contributed by atoms with E-state index in [9.17, 15) is 14.0 Å². The van der Waals surface area contributed by atoms with Crippen LogP contribution in [-0.4, -0.2) is 39.4 Å². The molecule has 1 saturated heterocycles. The lowest BCUT2D eigenvalue weighted by Crippen LogP contribution is -2.45. The van der Waals surface area contributed by atoms with Gasteiger partial charge in [0, 0.05) is 17.6 Å². The highest BCUT2D eigenvalue weighted by Gasteiger charge is 2.34. The lowest BCUT2D eigenvalue weighted by molar-refractivity contribution is -0.135. The third-order valence-corrected chi connectivity index (χ3v) is 4.65. The molecule has 0 unspecified atom stereocenters. The molecule has 2 heterocycles. The number of carbonyl (C=O) groups excluding carboxylic acids is 2. The van der Waals surface area contributed by atoms with Crippen LogP contribution in [0.15, 0.2) is 42.6 Å². The summed E-state index contributed by atoms with van der Waals surface area (Å²) in [4.78, 5) is 29.3. The number of nitrogens with one attached hydrogen (secondary N) is 2. The van der Waals surface area contributed by atoms with E-state index in [0.29, 0.717) is 11.6 Å². The highest BCUT2D eigenvalue weighted by molar-refractivity contribution is 7.99.